The van der Waals surface area contributed by atoms with E-state index >= 15 is 0 Å². The second-order valence-corrected chi connectivity index (χ2v) is 10.2. The summed E-state index contributed by atoms with van der Waals surface area (Å²) in [6.07, 6.45) is 0.380. The number of H-pyrrole nitrogens is 1. The number of alkyl halides is 1. The minimum atomic E-state index is -0.710. The van der Waals surface area contributed by atoms with Gasteiger partial charge in [0, 0.05) is 37.1 Å². The van der Waals surface area contributed by atoms with Crippen LogP contribution in [0, 0.1) is 0 Å². The SMILES string of the molecule is CN(C)C(=O)[C@H]1Cc2c([nH]c3ccccc23)[C@@H](c2ccc(C(=O)OC(C)(C)C)cc2)N1C(=O)CCl. The van der Waals surface area contributed by atoms with E-state index in [1.54, 1.807) is 43.3 Å². The summed E-state index contributed by atoms with van der Waals surface area (Å²) >= 11 is 6.03. The Hall–Kier alpha value is -3.32. The molecule has 7 nitrogen and oxygen atoms in total. The molecule has 0 saturated carbocycles. The predicted octanol–water partition coefficient (Wildman–Crippen LogP) is 4.29. The first kappa shape index (κ1) is 24.8. The largest absolute Gasteiger partial charge is 0.456 e. The third-order valence-electron chi connectivity index (χ3n) is 6.12. The lowest BCUT2D eigenvalue weighted by molar-refractivity contribution is -0.145. The summed E-state index contributed by atoms with van der Waals surface area (Å²) in [4.78, 5) is 45.5. The van der Waals surface area contributed by atoms with Gasteiger partial charge in [0.15, 0.2) is 0 Å². The van der Waals surface area contributed by atoms with Gasteiger partial charge in [0.2, 0.25) is 11.8 Å². The number of nitrogens with one attached hydrogen (secondary N) is 1. The zero-order valence-corrected chi connectivity index (χ0v) is 21.3. The van der Waals surface area contributed by atoms with Crippen molar-refractivity contribution in [1.29, 1.82) is 0 Å². The van der Waals surface area contributed by atoms with E-state index in [1.165, 1.54) is 4.90 Å². The number of hydrogen-bond donors (Lipinski definition) is 1. The van der Waals surface area contributed by atoms with E-state index in [2.05, 4.69) is 4.98 Å². The number of benzene rings is 2. The lowest BCUT2D eigenvalue weighted by Gasteiger charge is -2.42. The van der Waals surface area contributed by atoms with Crippen molar-refractivity contribution in [1.82, 2.24) is 14.8 Å². The Morgan fingerprint density at radius 1 is 1.09 bits per heavy atom. The zero-order valence-electron chi connectivity index (χ0n) is 20.6. The molecule has 2 atom stereocenters. The Morgan fingerprint density at radius 3 is 2.34 bits per heavy atom. The molecule has 1 aromatic heterocycles. The average Bonchev–Trinajstić information content (AvgIpc) is 3.19. The van der Waals surface area contributed by atoms with Crippen LogP contribution in [-0.4, -0.2) is 64.2 Å². The van der Waals surface area contributed by atoms with Crippen LogP contribution < -0.4 is 0 Å². The molecule has 0 fully saturated rings. The molecule has 1 N–H and O–H groups in total. The molecular formula is C27H30ClN3O4. The minimum Gasteiger partial charge on any atom is -0.456 e. The Balaban J connectivity index is 1.86. The fourth-order valence-electron chi connectivity index (χ4n) is 4.64. The van der Waals surface area contributed by atoms with Crippen molar-refractivity contribution in [3.8, 4) is 0 Å². The van der Waals surface area contributed by atoms with Crippen LogP contribution in [0.3, 0.4) is 0 Å². The van der Waals surface area contributed by atoms with Crippen LogP contribution in [0.2, 0.25) is 0 Å². The van der Waals surface area contributed by atoms with E-state index in [1.807, 2.05) is 45.0 Å². The number of aromatic amines is 1. The highest BCUT2D eigenvalue weighted by Crippen LogP contribution is 2.41. The fraction of sp³-hybridized carbons (Fsp3) is 0.370. The molecule has 1 aliphatic rings. The Labute approximate surface area is 210 Å². The highest BCUT2D eigenvalue weighted by Gasteiger charge is 2.43. The van der Waals surface area contributed by atoms with Crippen LogP contribution >= 0.6 is 11.6 Å². The van der Waals surface area contributed by atoms with Crippen molar-refractivity contribution in [2.45, 2.75) is 44.9 Å². The number of carbonyl (C=O) groups excluding carboxylic acids is 3. The van der Waals surface area contributed by atoms with Gasteiger partial charge in [-0.3, -0.25) is 9.59 Å². The molecule has 0 aliphatic carbocycles. The van der Waals surface area contributed by atoms with Crippen molar-refractivity contribution in [2.75, 3.05) is 20.0 Å². The molecule has 2 heterocycles. The number of hydrogen-bond acceptors (Lipinski definition) is 4. The van der Waals surface area contributed by atoms with Gasteiger partial charge in [-0.15, -0.1) is 11.6 Å². The second kappa shape index (κ2) is 9.38. The highest BCUT2D eigenvalue weighted by atomic mass is 35.5. The van der Waals surface area contributed by atoms with Gasteiger partial charge in [-0.1, -0.05) is 30.3 Å². The molecule has 8 heteroatoms. The summed E-state index contributed by atoms with van der Waals surface area (Å²) in [6.45, 7) is 5.45. The first-order valence-corrected chi connectivity index (χ1v) is 12.1. The standard InChI is InChI=1S/C27H30ClN3O4/c1-27(2,3)35-26(34)17-12-10-16(11-13-17)24-23-19(18-8-6-7-9-20(18)29-23)14-21(25(33)30(4)5)31(24)22(32)15-28/h6-13,21,24,29H,14-15H2,1-5H3/t21-,24-/m1/s1. The summed E-state index contributed by atoms with van der Waals surface area (Å²) in [5.41, 5.74) is 3.34. The third-order valence-corrected chi connectivity index (χ3v) is 6.35. The van der Waals surface area contributed by atoms with Gasteiger partial charge < -0.3 is 19.5 Å². The summed E-state index contributed by atoms with van der Waals surface area (Å²) in [5, 5.41) is 1.02. The maximum atomic E-state index is 13.3. The van der Waals surface area contributed by atoms with Gasteiger partial charge in [-0.2, -0.15) is 0 Å². The van der Waals surface area contributed by atoms with Crippen molar-refractivity contribution < 1.29 is 19.1 Å². The van der Waals surface area contributed by atoms with Gasteiger partial charge in [-0.25, -0.2) is 4.79 Å². The Morgan fingerprint density at radius 2 is 1.74 bits per heavy atom. The van der Waals surface area contributed by atoms with Crippen molar-refractivity contribution in [3.05, 3.63) is 70.9 Å². The van der Waals surface area contributed by atoms with E-state index in [9.17, 15) is 14.4 Å². The lowest BCUT2D eigenvalue weighted by Crippen LogP contribution is -2.54. The summed E-state index contributed by atoms with van der Waals surface area (Å²) in [5.74, 6) is -1.18. The van der Waals surface area contributed by atoms with Crippen molar-refractivity contribution in [2.24, 2.45) is 0 Å². The number of aromatic nitrogens is 1. The molecule has 184 valence electrons. The van der Waals surface area contributed by atoms with Crippen molar-refractivity contribution in [3.63, 3.8) is 0 Å². The van der Waals surface area contributed by atoms with E-state index in [-0.39, 0.29) is 17.7 Å². The van der Waals surface area contributed by atoms with Crippen LogP contribution in [0.15, 0.2) is 48.5 Å². The van der Waals surface area contributed by atoms with Crippen LogP contribution in [0.5, 0.6) is 0 Å². The van der Waals surface area contributed by atoms with Crippen molar-refractivity contribution >= 4 is 40.3 Å². The molecular weight excluding hydrogens is 466 g/mol. The Kier molecular flexibility index (Phi) is 6.64. The molecule has 4 rings (SSSR count). The smallest absolute Gasteiger partial charge is 0.338 e. The Bertz CT molecular complexity index is 1270. The van der Waals surface area contributed by atoms with E-state index in [0.717, 1.165) is 27.7 Å². The maximum Gasteiger partial charge on any atom is 0.338 e. The van der Waals surface area contributed by atoms with E-state index in [4.69, 9.17) is 16.3 Å². The maximum absolute atomic E-state index is 13.3. The third kappa shape index (κ3) is 4.78. The number of para-hydroxylation sites is 1. The lowest BCUT2D eigenvalue weighted by atomic mass is 9.87. The second-order valence-electron chi connectivity index (χ2n) is 9.98. The molecule has 3 aromatic rings. The van der Waals surface area contributed by atoms with Gasteiger partial charge >= 0.3 is 5.97 Å². The van der Waals surface area contributed by atoms with Crippen LogP contribution in [-0.2, 0) is 20.7 Å². The van der Waals surface area contributed by atoms with Gasteiger partial charge in [-0.05, 0) is 50.1 Å². The van der Waals surface area contributed by atoms with Crippen LogP contribution in [0.1, 0.15) is 54.0 Å². The number of ether oxygens (including phenoxy) is 1. The first-order valence-electron chi connectivity index (χ1n) is 11.5. The average molecular weight is 496 g/mol. The van der Waals surface area contributed by atoms with Gasteiger partial charge in [0.25, 0.3) is 0 Å². The number of fused-ring (bicyclic) bond motifs is 3. The number of likely N-dealkylation sites (N-methyl/N-ethyl adjacent to an activating group) is 1. The van der Waals surface area contributed by atoms with E-state index < -0.39 is 23.7 Å². The van der Waals surface area contributed by atoms with Gasteiger partial charge in [0.1, 0.15) is 17.5 Å². The van der Waals surface area contributed by atoms with E-state index in [0.29, 0.717) is 12.0 Å². The fourth-order valence-corrected chi connectivity index (χ4v) is 4.78. The highest BCUT2D eigenvalue weighted by molar-refractivity contribution is 6.27. The van der Waals surface area contributed by atoms with Crippen LogP contribution in [0.4, 0.5) is 0 Å². The molecule has 0 spiro atoms. The number of nitrogens with zero attached hydrogens (tertiary/aromatic N) is 2. The topological polar surface area (TPSA) is 82.7 Å². The number of halogens is 1. The normalized spacial score (nSPS) is 17.7. The molecule has 0 unspecified atom stereocenters. The van der Waals surface area contributed by atoms with Crippen LogP contribution in [0.25, 0.3) is 10.9 Å². The molecule has 35 heavy (non-hydrogen) atoms. The monoisotopic (exact) mass is 495 g/mol. The first-order chi connectivity index (χ1) is 16.5. The van der Waals surface area contributed by atoms with Gasteiger partial charge in [0.05, 0.1) is 11.6 Å². The zero-order chi connectivity index (χ0) is 25.5. The molecule has 1 aliphatic heterocycles. The molecule has 0 saturated heterocycles. The summed E-state index contributed by atoms with van der Waals surface area (Å²) < 4.78 is 5.48. The predicted molar refractivity (Wildman–Crippen MR) is 136 cm³/mol. The number of amides is 2. The molecule has 2 amide bonds. The molecule has 0 radical (unpaired) electrons. The summed E-state index contributed by atoms with van der Waals surface area (Å²) in [7, 11) is 3.36. The quantitative estimate of drug-likeness (QED) is 0.432. The number of rotatable bonds is 4. The molecule has 0 bridgehead atoms. The molecule has 2 aromatic carbocycles. The summed E-state index contributed by atoms with van der Waals surface area (Å²) in [6, 6.07) is 13.6. The number of carbonyl (C=O) groups is 3. The minimum absolute atomic E-state index is 0.172. The number of esters is 1.